The van der Waals surface area contributed by atoms with Gasteiger partial charge in [-0.3, -0.25) is 9.69 Å². The summed E-state index contributed by atoms with van der Waals surface area (Å²) in [5, 5.41) is 0. The van der Waals surface area contributed by atoms with Crippen molar-refractivity contribution in [3.8, 4) is 0 Å². The summed E-state index contributed by atoms with van der Waals surface area (Å²) in [6, 6.07) is 6.14. The second kappa shape index (κ2) is 5.98. The third-order valence-electron chi connectivity index (χ3n) is 3.68. The highest BCUT2D eigenvalue weighted by Crippen LogP contribution is 2.29. The number of hydrogen-bond acceptors (Lipinski definition) is 2. The van der Waals surface area contributed by atoms with Crippen molar-refractivity contribution in [2.75, 3.05) is 13.1 Å². The summed E-state index contributed by atoms with van der Waals surface area (Å²) in [4.78, 5) is 14.4. The molecule has 0 N–H and O–H groups in total. The lowest BCUT2D eigenvalue weighted by Gasteiger charge is -2.34. The van der Waals surface area contributed by atoms with Gasteiger partial charge in [-0.1, -0.05) is 28.4 Å². The van der Waals surface area contributed by atoms with Gasteiger partial charge in [-0.25, -0.2) is 0 Å². The molecule has 0 radical (unpaired) electrons. The van der Waals surface area contributed by atoms with Gasteiger partial charge in [-0.2, -0.15) is 0 Å². The summed E-state index contributed by atoms with van der Waals surface area (Å²) in [6.07, 6.45) is 3.70. The molecule has 0 saturated carbocycles. The van der Waals surface area contributed by atoms with Gasteiger partial charge in [0.2, 0.25) is 0 Å². The minimum absolute atomic E-state index is 0.0669. The van der Waals surface area contributed by atoms with Gasteiger partial charge in [0.1, 0.15) is 0 Å². The number of likely N-dealkylation sites (tertiary alicyclic amines) is 1. The van der Waals surface area contributed by atoms with E-state index in [1.165, 1.54) is 24.8 Å². The number of Topliss-reactive ketones (excluding diaryl/α,β-unsaturated/α-hetero) is 1. The first-order valence-electron chi connectivity index (χ1n) is 6.60. The average molecular weight is 310 g/mol. The molecule has 0 bridgehead atoms. The van der Waals surface area contributed by atoms with Crippen LogP contribution in [0.2, 0.25) is 0 Å². The van der Waals surface area contributed by atoms with Crippen LogP contribution in [0.5, 0.6) is 0 Å². The molecule has 98 valence electrons. The van der Waals surface area contributed by atoms with Crippen LogP contribution >= 0.6 is 15.9 Å². The van der Waals surface area contributed by atoms with Crippen molar-refractivity contribution in [2.24, 2.45) is 0 Å². The lowest BCUT2D eigenvalue weighted by Crippen LogP contribution is -2.37. The van der Waals surface area contributed by atoms with E-state index in [0.717, 1.165) is 23.1 Å². The quantitative estimate of drug-likeness (QED) is 0.844. The first-order chi connectivity index (χ1) is 8.59. The number of benzene rings is 1. The van der Waals surface area contributed by atoms with Crippen LogP contribution in [-0.2, 0) is 4.79 Å². The number of carbonyl (C=O) groups excluding carboxylic acids is 1. The Hall–Kier alpha value is -0.670. The highest BCUT2D eigenvalue weighted by atomic mass is 79.9. The molecule has 0 spiro atoms. The molecule has 1 aliphatic rings. The Kier molecular flexibility index (Phi) is 4.57. The fraction of sp³-hybridized carbons (Fsp3) is 0.533. The van der Waals surface area contributed by atoms with Gasteiger partial charge >= 0.3 is 0 Å². The fourth-order valence-electron chi connectivity index (χ4n) is 2.76. The van der Waals surface area contributed by atoms with Gasteiger partial charge < -0.3 is 0 Å². The van der Waals surface area contributed by atoms with Crippen molar-refractivity contribution < 1.29 is 4.79 Å². The molecule has 1 heterocycles. The van der Waals surface area contributed by atoms with Crippen LogP contribution in [-0.4, -0.2) is 23.8 Å². The monoisotopic (exact) mass is 309 g/mol. The normalized spacial score (nSPS) is 18.6. The summed E-state index contributed by atoms with van der Waals surface area (Å²) in [5.74, 6) is 0.248. The van der Waals surface area contributed by atoms with Crippen molar-refractivity contribution in [1.82, 2.24) is 4.90 Å². The molecule has 1 aliphatic heterocycles. The SMILES string of the molecule is CC(=O)C(c1cc(Br)ccc1C)N1CCCCC1. The molecule has 1 fully saturated rings. The summed E-state index contributed by atoms with van der Waals surface area (Å²) in [5.41, 5.74) is 2.35. The largest absolute Gasteiger partial charge is 0.298 e. The Bertz CT molecular complexity index is 438. The number of piperidine rings is 1. The Morgan fingerprint density at radius 1 is 1.28 bits per heavy atom. The molecular formula is C15H20BrNO. The number of ketones is 1. The first-order valence-corrected chi connectivity index (χ1v) is 7.39. The van der Waals surface area contributed by atoms with E-state index in [2.05, 4.69) is 39.9 Å². The van der Waals surface area contributed by atoms with E-state index in [-0.39, 0.29) is 11.8 Å². The molecule has 0 amide bonds. The van der Waals surface area contributed by atoms with Crippen LogP contribution in [0, 0.1) is 6.92 Å². The van der Waals surface area contributed by atoms with E-state index in [0.29, 0.717) is 0 Å². The summed E-state index contributed by atoms with van der Waals surface area (Å²) < 4.78 is 1.05. The summed E-state index contributed by atoms with van der Waals surface area (Å²) >= 11 is 3.51. The van der Waals surface area contributed by atoms with Crippen LogP contribution in [0.1, 0.15) is 43.4 Å². The lowest BCUT2D eigenvalue weighted by atomic mass is 9.95. The van der Waals surface area contributed by atoms with Gasteiger partial charge in [0.25, 0.3) is 0 Å². The smallest absolute Gasteiger partial charge is 0.151 e. The van der Waals surface area contributed by atoms with E-state index in [1.54, 1.807) is 6.92 Å². The molecule has 2 nitrogen and oxygen atoms in total. The molecule has 0 aromatic heterocycles. The first kappa shape index (κ1) is 13.8. The van der Waals surface area contributed by atoms with E-state index < -0.39 is 0 Å². The van der Waals surface area contributed by atoms with E-state index >= 15 is 0 Å². The minimum atomic E-state index is -0.0669. The maximum Gasteiger partial charge on any atom is 0.151 e. The standard InChI is InChI=1S/C15H20BrNO/c1-11-6-7-13(16)10-14(11)15(12(2)18)17-8-4-3-5-9-17/h6-7,10,15H,3-5,8-9H2,1-2H3. The zero-order valence-corrected chi connectivity index (χ0v) is 12.7. The van der Waals surface area contributed by atoms with Crippen LogP contribution in [0.25, 0.3) is 0 Å². The van der Waals surface area contributed by atoms with Crippen molar-refractivity contribution >= 4 is 21.7 Å². The topological polar surface area (TPSA) is 20.3 Å². The molecular weight excluding hydrogens is 290 g/mol. The zero-order valence-electron chi connectivity index (χ0n) is 11.1. The van der Waals surface area contributed by atoms with Crippen molar-refractivity contribution in [3.63, 3.8) is 0 Å². The predicted molar refractivity (Wildman–Crippen MR) is 77.7 cm³/mol. The maximum absolute atomic E-state index is 12.1. The van der Waals surface area contributed by atoms with Gasteiger partial charge in [-0.15, -0.1) is 0 Å². The number of nitrogens with zero attached hydrogens (tertiary/aromatic N) is 1. The third-order valence-corrected chi connectivity index (χ3v) is 4.17. The molecule has 0 aliphatic carbocycles. The molecule has 18 heavy (non-hydrogen) atoms. The van der Waals surface area contributed by atoms with Crippen LogP contribution in [0.3, 0.4) is 0 Å². The van der Waals surface area contributed by atoms with Gasteiger partial charge in [-0.05, 0) is 63.0 Å². The second-order valence-electron chi connectivity index (χ2n) is 5.11. The average Bonchev–Trinajstić information content (AvgIpc) is 2.35. The Balaban J connectivity index is 2.34. The number of carbonyl (C=O) groups is 1. The second-order valence-corrected chi connectivity index (χ2v) is 6.03. The van der Waals surface area contributed by atoms with Crippen LogP contribution in [0.15, 0.2) is 22.7 Å². The molecule has 3 heteroatoms. The predicted octanol–water partition coefficient (Wildman–Crippen LogP) is 3.87. The highest BCUT2D eigenvalue weighted by molar-refractivity contribution is 9.10. The van der Waals surface area contributed by atoms with Gasteiger partial charge in [0, 0.05) is 4.47 Å². The van der Waals surface area contributed by atoms with E-state index in [1.807, 2.05) is 6.07 Å². The van der Waals surface area contributed by atoms with E-state index in [9.17, 15) is 4.79 Å². The molecule has 2 rings (SSSR count). The number of hydrogen-bond donors (Lipinski definition) is 0. The van der Waals surface area contributed by atoms with Gasteiger partial charge in [0.05, 0.1) is 6.04 Å². The number of halogens is 1. The van der Waals surface area contributed by atoms with Crippen molar-refractivity contribution in [2.45, 2.75) is 39.2 Å². The summed E-state index contributed by atoms with van der Waals surface area (Å²) in [6.45, 7) is 5.87. The van der Waals surface area contributed by atoms with Gasteiger partial charge in [0.15, 0.2) is 5.78 Å². The number of aryl methyl sites for hydroxylation is 1. The Morgan fingerprint density at radius 3 is 2.56 bits per heavy atom. The van der Waals surface area contributed by atoms with E-state index in [4.69, 9.17) is 0 Å². The van der Waals surface area contributed by atoms with Crippen LogP contribution < -0.4 is 0 Å². The van der Waals surface area contributed by atoms with Crippen molar-refractivity contribution in [3.05, 3.63) is 33.8 Å². The Labute approximate surface area is 117 Å². The minimum Gasteiger partial charge on any atom is -0.298 e. The molecule has 1 aromatic carbocycles. The lowest BCUT2D eigenvalue weighted by molar-refractivity contribution is -0.122. The van der Waals surface area contributed by atoms with Crippen molar-refractivity contribution in [1.29, 1.82) is 0 Å². The Morgan fingerprint density at radius 2 is 1.94 bits per heavy atom. The molecule has 1 saturated heterocycles. The maximum atomic E-state index is 12.1. The molecule has 1 aromatic rings. The number of rotatable bonds is 3. The summed E-state index contributed by atoms with van der Waals surface area (Å²) in [7, 11) is 0. The zero-order chi connectivity index (χ0) is 13.1. The molecule has 1 unspecified atom stereocenters. The third kappa shape index (κ3) is 3.01. The van der Waals surface area contributed by atoms with Crippen LogP contribution in [0.4, 0.5) is 0 Å². The highest BCUT2D eigenvalue weighted by Gasteiger charge is 2.27. The fourth-order valence-corrected chi connectivity index (χ4v) is 3.13. The molecule has 1 atom stereocenters.